The van der Waals surface area contributed by atoms with E-state index in [1.165, 1.54) is 25.1 Å². The maximum Gasteiger partial charge on any atom is 0.416 e. The lowest BCUT2D eigenvalue weighted by atomic mass is 9.83. The third-order valence-corrected chi connectivity index (χ3v) is 8.38. The highest BCUT2D eigenvalue weighted by Gasteiger charge is 2.48. The average Bonchev–Trinajstić information content (AvgIpc) is 3.66. The summed E-state index contributed by atoms with van der Waals surface area (Å²) < 4.78 is 101. The second kappa shape index (κ2) is 11.5. The van der Waals surface area contributed by atoms with Gasteiger partial charge in [0, 0.05) is 30.8 Å². The molecule has 0 spiro atoms. The van der Waals surface area contributed by atoms with Crippen molar-refractivity contribution in [2.45, 2.75) is 49.9 Å². The van der Waals surface area contributed by atoms with Gasteiger partial charge in [0.05, 0.1) is 29.0 Å². The molecule has 234 valence electrons. The van der Waals surface area contributed by atoms with E-state index >= 15 is 0 Å². The Labute approximate surface area is 253 Å². The van der Waals surface area contributed by atoms with Crippen LogP contribution >= 0.6 is 0 Å². The fourth-order valence-corrected chi connectivity index (χ4v) is 6.18. The van der Waals surface area contributed by atoms with Crippen molar-refractivity contribution >= 4 is 11.5 Å². The van der Waals surface area contributed by atoms with Crippen molar-refractivity contribution in [3.63, 3.8) is 0 Å². The Bertz CT molecular complexity index is 1680. The van der Waals surface area contributed by atoms with Gasteiger partial charge in [0.2, 0.25) is 5.91 Å². The second-order valence-corrected chi connectivity index (χ2v) is 11.2. The zero-order valence-electron chi connectivity index (χ0n) is 23.7. The van der Waals surface area contributed by atoms with Crippen LogP contribution in [-0.4, -0.2) is 39.7 Å². The minimum absolute atomic E-state index is 0.0452. The third-order valence-electron chi connectivity index (χ3n) is 8.38. The van der Waals surface area contributed by atoms with E-state index in [1.807, 2.05) is 30.3 Å². The van der Waals surface area contributed by atoms with Crippen LogP contribution in [0.25, 0.3) is 16.8 Å². The maximum absolute atomic E-state index is 13.9. The van der Waals surface area contributed by atoms with Gasteiger partial charge in [-0.3, -0.25) is 9.89 Å². The summed E-state index contributed by atoms with van der Waals surface area (Å²) in [6, 6.07) is 15.9. The highest BCUT2D eigenvalue weighted by atomic mass is 19.4. The molecule has 2 aliphatic rings. The van der Waals surface area contributed by atoms with Crippen molar-refractivity contribution in [1.82, 2.24) is 15.1 Å². The van der Waals surface area contributed by atoms with Gasteiger partial charge in [0.1, 0.15) is 5.82 Å². The van der Waals surface area contributed by atoms with Gasteiger partial charge in [-0.2, -0.15) is 31.4 Å². The van der Waals surface area contributed by atoms with Gasteiger partial charge in [0.25, 0.3) is 0 Å². The number of fused-ring (bicyclic) bond motifs is 1. The molecule has 1 N–H and O–H groups in total. The van der Waals surface area contributed by atoms with E-state index in [0.29, 0.717) is 24.1 Å². The molecular formula is C33H26F7N3O2. The van der Waals surface area contributed by atoms with E-state index in [9.17, 15) is 35.5 Å². The van der Waals surface area contributed by atoms with Gasteiger partial charge in [-0.1, -0.05) is 36.4 Å². The van der Waals surface area contributed by atoms with Gasteiger partial charge in [-0.25, -0.2) is 4.39 Å². The van der Waals surface area contributed by atoms with Crippen molar-refractivity contribution in [2.24, 2.45) is 0 Å². The number of aromatic nitrogens is 2. The number of aromatic amines is 1. The first-order valence-electron chi connectivity index (χ1n) is 14.1. The Balaban J connectivity index is 1.31. The highest BCUT2D eigenvalue weighted by molar-refractivity contribution is 5.98. The Morgan fingerprint density at radius 1 is 0.889 bits per heavy atom. The van der Waals surface area contributed by atoms with Crippen LogP contribution in [0.3, 0.4) is 0 Å². The molecule has 6 rings (SSSR count). The summed E-state index contributed by atoms with van der Waals surface area (Å²) in [7, 11) is 0. The fraction of sp³-hybridized carbons (Fsp3) is 0.273. The second-order valence-electron chi connectivity index (χ2n) is 11.2. The maximum atomic E-state index is 13.9. The number of nitrogens with zero attached hydrogens (tertiary/aromatic N) is 2. The molecule has 1 amide bonds. The summed E-state index contributed by atoms with van der Waals surface area (Å²) in [5.74, 6) is -1.33. The average molecular weight is 630 g/mol. The van der Waals surface area contributed by atoms with Crippen LogP contribution in [0.4, 0.5) is 30.7 Å². The first-order valence-corrected chi connectivity index (χ1v) is 14.1. The molecule has 4 aromatic rings. The van der Waals surface area contributed by atoms with Crippen molar-refractivity contribution in [3.05, 3.63) is 119 Å². The number of hydrogen-bond donors (Lipinski definition) is 1. The van der Waals surface area contributed by atoms with Crippen LogP contribution in [-0.2, 0) is 21.9 Å². The number of hydrogen-bond acceptors (Lipinski definition) is 3. The Hall–Kier alpha value is -4.45. The number of carbonyl (C=O) groups is 1. The zero-order valence-corrected chi connectivity index (χ0v) is 23.7. The zero-order chi connectivity index (χ0) is 32.1. The lowest BCUT2D eigenvalue weighted by Gasteiger charge is -2.33. The van der Waals surface area contributed by atoms with Crippen molar-refractivity contribution in [2.75, 3.05) is 6.54 Å². The van der Waals surface area contributed by atoms with E-state index in [-0.39, 0.29) is 24.1 Å². The third kappa shape index (κ3) is 6.24. The van der Waals surface area contributed by atoms with Crippen LogP contribution in [0.2, 0.25) is 0 Å². The molecule has 1 fully saturated rings. The topological polar surface area (TPSA) is 58.2 Å². The smallest absolute Gasteiger partial charge is 0.368 e. The van der Waals surface area contributed by atoms with Crippen LogP contribution in [0, 0.1) is 5.82 Å². The Morgan fingerprint density at radius 3 is 2.09 bits per heavy atom. The first-order chi connectivity index (χ1) is 21.3. The van der Waals surface area contributed by atoms with Crippen molar-refractivity contribution in [3.8, 4) is 11.3 Å². The number of H-pyrrole nitrogens is 1. The molecular weight excluding hydrogens is 603 g/mol. The number of carbonyl (C=O) groups excluding carboxylic acids is 1. The number of benzene rings is 3. The monoisotopic (exact) mass is 629 g/mol. The summed E-state index contributed by atoms with van der Waals surface area (Å²) in [6.45, 7) is 1.42. The van der Waals surface area contributed by atoms with Crippen LogP contribution in [0.15, 0.2) is 85.1 Å². The van der Waals surface area contributed by atoms with Gasteiger partial charge < -0.3 is 9.64 Å². The largest absolute Gasteiger partial charge is 0.416 e. The minimum atomic E-state index is -5.01. The predicted octanol–water partition coefficient (Wildman–Crippen LogP) is 8.18. The standard InChI is InChI=1S/C33H26F7N3O2/c1-18(22-12-24(32(35,36)37)16-25(13-22)33(38,39)40)45-29-17-43-28(31(29)21-6-8-26(34)9-7-21)14-23(15-30(43)44)19-2-4-20(5-3-19)27-10-11-41-42-27/h2-13,15-16,18,28-29,31H,14,17H2,1H3,(H,41,42)/t18?,28-,29-,31?/m0/s1. The van der Waals surface area contributed by atoms with Crippen LogP contribution in [0.1, 0.15) is 53.2 Å². The quantitative estimate of drug-likeness (QED) is 0.219. The first kappa shape index (κ1) is 30.6. The molecule has 3 heterocycles. The van der Waals surface area contributed by atoms with Crippen molar-refractivity contribution < 1.29 is 40.3 Å². The van der Waals surface area contributed by atoms with Gasteiger partial charge in [-0.15, -0.1) is 0 Å². The van der Waals surface area contributed by atoms with Crippen LogP contribution in [0.5, 0.6) is 0 Å². The van der Waals surface area contributed by atoms with E-state index in [0.717, 1.165) is 22.4 Å². The van der Waals surface area contributed by atoms with Crippen LogP contribution < -0.4 is 0 Å². The SMILES string of the molecule is CC(O[C@H]1CN2C(=O)C=C(c3ccc(-c4ccn[nH]4)cc3)C[C@H]2C1c1ccc(F)cc1)c1cc(C(F)(F)F)cc(C(F)(F)F)c1. The molecule has 0 bridgehead atoms. The van der Waals surface area contributed by atoms with Gasteiger partial charge >= 0.3 is 12.4 Å². The fourth-order valence-electron chi connectivity index (χ4n) is 6.18. The molecule has 3 aromatic carbocycles. The summed E-state index contributed by atoms with van der Waals surface area (Å²) in [5.41, 5.74) is 0.735. The minimum Gasteiger partial charge on any atom is -0.368 e. The molecule has 2 aliphatic heterocycles. The lowest BCUT2D eigenvalue weighted by molar-refractivity contribution is -0.143. The molecule has 45 heavy (non-hydrogen) atoms. The number of halogens is 7. The van der Waals surface area contributed by atoms with E-state index in [2.05, 4.69) is 10.2 Å². The molecule has 5 nitrogen and oxygen atoms in total. The number of rotatable bonds is 6. The highest BCUT2D eigenvalue weighted by Crippen LogP contribution is 2.45. The molecule has 0 saturated carbocycles. The number of ether oxygens (including phenoxy) is 1. The summed E-state index contributed by atoms with van der Waals surface area (Å²) in [5, 5.41) is 6.85. The molecule has 0 radical (unpaired) electrons. The molecule has 0 aliphatic carbocycles. The molecule has 1 saturated heterocycles. The summed E-state index contributed by atoms with van der Waals surface area (Å²) >= 11 is 0. The Kier molecular flexibility index (Phi) is 7.80. The molecule has 12 heteroatoms. The Morgan fingerprint density at radius 2 is 1.51 bits per heavy atom. The predicted molar refractivity (Wildman–Crippen MR) is 151 cm³/mol. The van der Waals surface area contributed by atoms with E-state index < -0.39 is 53.5 Å². The summed E-state index contributed by atoms with van der Waals surface area (Å²) in [6.07, 6.45) is -8.46. The number of nitrogens with one attached hydrogen (secondary N) is 1. The molecule has 2 unspecified atom stereocenters. The van der Waals surface area contributed by atoms with Gasteiger partial charge in [-0.05, 0) is 77.6 Å². The van der Waals surface area contributed by atoms with Gasteiger partial charge in [0.15, 0.2) is 0 Å². The normalized spacial score (nSPS) is 21.1. The number of amides is 1. The molecule has 4 atom stereocenters. The van der Waals surface area contributed by atoms with Crippen molar-refractivity contribution in [1.29, 1.82) is 0 Å². The molecule has 1 aromatic heterocycles. The lowest BCUT2D eigenvalue weighted by Crippen LogP contribution is -2.39. The van der Waals surface area contributed by atoms with E-state index in [4.69, 9.17) is 4.74 Å². The number of alkyl halides is 6. The summed E-state index contributed by atoms with van der Waals surface area (Å²) in [4.78, 5) is 15.0. The van der Waals surface area contributed by atoms with E-state index in [1.54, 1.807) is 23.2 Å².